The molecule has 0 spiro atoms. The Labute approximate surface area is 156 Å². The first kappa shape index (κ1) is 20.6. The van der Waals surface area contributed by atoms with Crippen LogP contribution >= 0.6 is 11.6 Å². The Balaban J connectivity index is 2.26. The van der Waals surface area contributed by atoms with Crippen LogP contribution in [-0.4, -0.2) is 60.1 Å². The molecule has 1 saturated heterocycles. The third-order valence-corrected chi connectivity index (χ3v) is 5.08. The number of hydroxylamine groups is 4. The van der Waals surface area contributed by atoms with Gasteiger partial charge in [-0.05, 0) is 31.4 Å². The predicted octanol–water partition coefficient (Wildman–Crippen LogP) is 2.12. The van der Waals surface area contributed by atoms with E-state index in [1.807, 2.05) is 0 Å². The van der Waals surface area contributed by atoms with Crippen molar-refractivity contribution in [2.24, 2.45) is 0 Å². The van der Waals surface area contributed by atoms with E-state index in [1.54, 1.807) is 12.0 Å². The standard InChI is InChI=1S/C17H22ClFN2O5/c1-11-4-5-13(18)12(15(11)19)10-14(22)21(24)17(16(23)25-2)6-8-20(26-3)9-7-17/h4-5,24H,6-10H2,1-3H3. The highest BCUT2D eigenvalue weighted by Gasteiger charge is 2.50. The van der Waals surface area contributed by atoms with Crippen molar-refractivity contribution in [3.8, 4) is 0 Å². The van der Waals surface area contributed by atoms with E-state index in [0.717, 1.165) is 0 Å². The maximum Gasteiger partial charge on any atom is 0.334 e. The minimum absolute atomic E-state index is 0.0231. The van der Waals surface area contributed by atoms with Gasteiger partial charge in [-0.15, -0.1) is 0 Å². The molecule has 0 unspecified atom stereocenters. The summed E-state index contributed by atoms with van der Waals surface area (Å²) in [5, 5.41) is 12.6. The van der Waals surface area contributed by atoms with Gasteiger partial charge in [-0.25, -0.2) is 14.2 Å². The van der Waals surface area contributed by atoms with Crippen LogP contribution in [0.3, 0.4) is 0 Å². The van der Waals surface area contributed by atoms with Crippen molar-refractivity contribution in [1.82, 2.24) is 10.1 Å². The van der Waals surface area contributed by atoms with Crippen molar-refractivity contribution in [2.75, 3.05) is 27.3 Å². The molecule has 0 aromatic heterocycles. The van der Waals surface area contributed by atoms with Crippen LogP contribution in [0.5, 0.6) is 0 Å². The Morgan fingerprint density at radius 1 is 1.35 bits per heavy atom. The summed E-state index contributed by atoms with van der Waals surface area (Å²) in [5.74, 6) is -2.19. The average molecular weight is 389 g/mol. The minimum atomic E-state index is -1.55. The van der Waals surface area contributed by atoms with Crippen LogP contribution in [0.2, 0.25) is 5.02 Å². The second-order valence-corrected chi connectivity index (χ2v) is 6.58. The first-order chi connectivity index (χ1) is 12.3. The molecular formula is C17H22ClFN2O5. The quantitative estimate of drug-likeness (QED) is 0.473. The van der Waals surface area contributed by atoms with E-state index in [4.69, 9.17) is 21.2 Å². The first-order valence-electron chi connectivity index (χ1n) is 8.09. The Hall–Kier alpha value is -1.74. The number of piperidine rings is 1. The number of hydrogen-bond acceptors (Lipinski definition) is 6. The van der Waals surface area contributed by atoms with Crippen molar-refractivity contribution in [1.29, 1.82) is 0 Å². The SMILES string of the molecule is COC(=O)C1(N(O)C(=O)Cc2c(Cl)ccc(C)c2F)CCN(OC)CC1. The van der Waals surface area contributed by atoms with Crippen molar-refractivity contribution in [3.05, 3.63) is 34.1 Å². The number of rotatable bonds is 5. The summed E-state index contributed by atoms with van der Waals surface area (Å²) in [6.07, 6.45) is -0.255. The fourth-order valence-corrected chi connectivity index (χ4v) is 3.29. The van der Waals surface area contributed by atoms with Crippen LogP contribution in [0.1, 0.15) is 24.0 Å². The Kier molecular flexibility index (Phi) is 6.57. The molecule has 0 aliphatic carbocycles. The molecule has 1 aromatic carbocycles. The first-order valence-corrected chi connectivity index (χ1v) is 8.47. The molecule has 1 aliphatic heterocycles. The van der Waals surface area contributed by atoms with Crippen LogP contribution < -0.4 is 0 Å². The summed E-state index contributed by atoms with van der Waals surface area (Å²) in [7, 11) is 2.68. The molecule has 1 fully saturated rings. The fourth-order valence-electron chi connectivity index (χ4n) is 3.07. The van der Waals surface area contributed by atoms with Gasteiger partial charge in [0.1, 0.15) is 5.82 Å². The molecular weight excluding hydrogens is 367 g/mol. The van der Waals surface area contributed by atoms with Gasteiger partial charge in [0.15, 0.2) is 5.54 Å². The predicted molar refractivity (Wildman–Crippen MR) is 91.0 cm³/mol. The molecule has 1 aromatic rings. The third kappa shape index (κ3) is 3.83. The van der Waals surface area contributed by atoms with E-state index in [9.17, 15) is 19.2 Å². The molecule has 7 nitrogen and oxygen atoms in total. The summed E-state index contributed by atoms with van der Waals surface area (Å²) < 4.78 is 19.1. The van der Waals surface area contributed by atoms with Crippen LogP contribution in [0, 0.1) is 12.7 Å². The zero-order valence-electron chi connectivity index (χ0n) is 14.9. The molecule has 1 amide bonds. The van der Waals surface area contributed by atoms with E-state index < -0.39 is 29.7 Å². The van der Waals surface area contributed by atoms with E-state index >= 15 is 0 Å². The van der Waals surface area contributed by atoms with Gasteiger partial charge in [0.2, 0.25) is 0 Å². The topological polar surface area (TPSA) is 79.3 Å². The summed E-state index contributed by atoms with van der Waals surface area (Å²) in [5.41, 5.74) is -1.24. The molecule has 1 N–H and O–H groups in total. The highest BCUT2D eigenvalue weighted by atomic mass is 35.5. The zero-order chi connectivity index (χ0) is 19.5. The number of methoxy groups -OCH3 is 1. The Morgan fingerprint density at radius 2 is 1.96 bits per heavy atom. The minimum Gasteiger partial charge on any atom is -0.467 e. The number of nitrogens with zero attached hydrogens (tertiary/aromatic N) is 2. The summed E-state index contributed by atoms with van der Waals surface area (Å²) >= 11 is 5.99. The fraction of sp³-hybridized carbons (Fsp3) is 0.529. The zero-order valence-corrected chi connectivity index (χ0v) is 15.7. The summed E-state index contributed by atoms with van der Waals surface area (Å²) in [6, 6.07) is 2.98. The Bertz CT molecular complexity index is 692. The molecule has 144 valence electrons. The number of carbonyl (C=O) groups is 2. The molecule has 2 rings (SSSR count). The van der Waals surface area contributed by atoms with Gasteiger partial charge < -0.3 is 9.57 Å². The molecule has 0 bridgehead atoms. The van der Waals surface area contributed by atoms with Gasteiger partial charge in [0, 0.05) is 23.7 Å². The van der Waals surface area contributed by atoms with Gasteiger partial charge in [0.05, 0.1) is 20.6 Å². The van der Waals surface area contributed by atoms with Crippen LogP contribution in [-0.2, 0) is 25.6 Å². The third-order valence-electron chi connectivity index (χ3n) is 4.72. The van der Waals surface area contributed by atoms with Crippen molar-refractivity contribution in [2.45, 2.75) is 31.7 Å². The lowest BCUT2D eigenvalue weighted by atomic mass is 9.87. The van der Waals surface area contributed by atoms with Crippen LogP contribution in [0.4, 0.5) is 4.39 Å². The van der Waals surface area contributed by atoms with Crippen molar-refractivity contribution >= 4 is 23.5 Å². The second kappa shape index (κ2) is 8.30. The highest BCUT2D eigenvalue weighted by molar-refractivity contribution is 6.31. The molecule has 1 aliphatic rings. The molecule has 9 heteroatoms. The molecule has 0 radical (unpaired) electrons. The number of hydrogen-bond donors (Lipinski definition) is 1. The van der Waals surface area contributed by atoms with Gasteiger partial charge >= 0.3 is 5.97 Å². The van der Waals surface area contributed by atoms with Crippen molar-refractivity contribution < 1.29 is 28.8 Å². The smallest absolute Gasteiger partial charge is 0.334 e. The Morgan fingerprint density at radius 3 is 2.50 bits per heavy atom. The van der Waals surface area contributed by atoms with Gasteiger partial charge in [0.25, 0.3) is 5.91 Å². The number of aryl methyl sites for hydroxylation is 1. The second-order valence-electron chi connectivity index (χ2n) is 6.17. The number of carbonyl (C=O) groups excluding carboxylic acids is 2. The summed E-state index contributed by atoms with van der Waals surface area (Å²) in [6.45, 7) is 2.18. The van der Waals surface area contributed by atoms with Gasteiger partial charge in [-0.2, -0.15) is 5.06 Å². The largest absolute Gasteiger partial charge is 0.467 e. The lowest BCUT2D eigenvalue weighted by molar-refractivity contribution is -0.228. The van der Waals surface area contributed by atoms with E-state index in [0.29, 0.717) is 23.7 Å². The van der Waals surface area contributed by atoms with E-state index in [1.165, 1.54) is 26.4 Å². The molecule has 0 saturated carbocycles. The van der Waals surface area contributed by atoms with Gasteiger partial charge in [-0.1, -0.05) is 17.7 Å². The summed E-state index contributed by atoms with van der Waals surface area (Å²) in [4.78, 5) is 30.0. The number of esters is 1. The highest BCUT2D eigenvalue weighted by Crippen LogP contribution is 2.31. The lowest BCUT2D eigenvalue weighted by Crippen LogP contribution is -2.61. The van der Waals surface area contributed by atoms with Gasteiger partial charge in [-0.3, -0.25) is 10.0 Å². The molecule has 1 heterocycles. The number of ether oxygens (including phenoxy) is 1. The monoisotopic (exact) mass is 388 g/mol. The number of halogens is 2. The normalized spacial score (nSPS) is 17.0. The van der Waals surface area contributed by atoms with Crippen molar-refractivity contribution in [3.63, 3.8) is 0 Å². The average Bonchev–Trinajstić information content (AvgIpc) is 2.66. The van der Waals surface area contributed by atoms with E-state index in [-0.39, 0.29) is 23.4 Å². The van der Waals surface area contributed by atoms with Crippen LogP contribution in [0.15, 0.2) is 12.1 Å². The van der Waals surface area contributed by atoms with E-state index in [2.05, 4.69) is 0 Å². The number of benzene rings is 1. The lowest BCUT2D eigenvalue weighted by Gasteiger charge is -2.42. The molecule has 0 atom stereocenters. The maximum atomic E-state index is 14.3. The number of amides is 1. The maximum absolute atomic E-state index is 14.3. The van der Waals surface area contributed by atoms with Crippen LogP contribution in [0.25, 0.3) is 0 Å². The molecule has 26 heavy (non-hydrogen) atoms.